The fourth-order valence-corrected chi connectivity index (χ4v) is 2.56. The number of aryl methyl sites for hydroxylation is 2. The van der Waals surface area contributed by atoms with Gasteiger partial charge in [-0.15, -0.1) is 0 Å². The molecule has 0 saturated carbocycles. The van der Waals surface area contributed by atoms with E-state index in [1.165, 1.54) is 35.2 Å². The Morgan fingerprint density at radius 3 is 2.32 bits per heavy atom. The first-order chi connectivity index (χ1) is 13.3. The highest BCUT2D eigenvalue weighted by Crippen LogP contribution is 2.10. The van der Waals surface area contributed by atoms with Gasteiger partial charge < -0.3 is 10.4 Å². The molecule has 0 aliphatic heterocycles. The Balaban J connectivity index is 1.76. The molecule has 0 radical (unpaired) electrons. The number of rotatable bonds is 4. The fraction of sp³-hybridized carbons (Fsp3) is 0.100. The van der Waals surface area contributed by atoms with Gasteiger partial charge in [0.05, 0.1) is 16.8 Å². The predicted molar refractivity (Wildman–Crippen MR) is 106 cm³/mol. The van der Waals surface area contributed by atoms with Gasteiger partial charge in [-0.3, -0.25) is 9.89 Å². The molecule has 2 amide bonds. The van der Waals surface area contributed by atoms with Gasteiger partial charge in [-0.2, -0.15) is 0 Å². The first-order valence-electron chi connectivity index (χ1n) is 8.42. The highest BCUT2D eigenvalue weighted by molar-refractivity contribution is 5.98. The minimum atomic E-state index is -1.05. The third kappa shape index (κ3) is 4.07. The molecule has 0 bridgehead atoms. The normalized spacial score (nSPS) is 10.9. The molecule has 0 spiro atoms. The van der Waals surface area contributed by atoms with Crippen molar-refractivity contribution in [2.75, 3.05) is 5.32 Å². The Kier molecular flexibility index (Phi) is 5.21. The summed E-state index contributed by atoms with van der Waals surface area (Å²) < 4.78 is 1.39. The lowest BCUT2D eigenvalue weighted by Gasteiger charge is -2.01. The van der Waals surface area contributed by atoms with Crippen molar-refractivity contribution in [3.8, 4) is 5.69 Å². The summed E-state index contributed by atoms with van der Waals surface area (Å²) in [7, 11) is 0. The van der Waals surface area contributed by atoms with Gasteiger partial charge in [0.1, 0.15) is 0 Å². The molecule has 2 aromatic carbocycles. The van der Waals surface area contributed by atoms with E-state index in [-0.39, 0.29) is 16.7 Å². The monoisotopic (exact) mass is 378 g/mol. The highest BCUT2D eigenvalue weighted by atomic mass is 16.4. The van der Waals surface area contributed by atoms with Crippen LogP contribution in [0.4, 0.5) is 10.5 Å². The molecule has 0 fully saturated rings. The number of carboxylic acid groups (broad SMARTS) is 1. The van der Waals surface area contributed by atoms with Crippen LogP contribution in [-0.2, 0) is 0 Å². The Labute approximate surface area is 160 Å². The van der Waals surface area contributed by atoms with Crippen LogP contribution >= 0.6 is 0 Å². The molecule has 1 aromatic heterocycles. The molecule has 3 rings (SSSR count). The Morgan fingerprint density at radius 1 is 1.07 bits per heavy atom. The number of nitrogens with zero attached hydrogens (tertiary/aromatic N) is 2. The maximum atomic E-state index is 12.6. The molecule has 0 unspecified atom stereocenters. The molecule has 0 saturated heterocycles. The summed E-state index contributed by atoms with van der Waals surface area (Å²) in [5, 5.41) is 14.3. The number of benzene rings is 2. The van der Waals surface area contributed by atoms with Crippen molar-refractivity contribution in [3.05, 3.63) is 81.3 Å². The summed E-state index contributed by atoms with van der Waals surface area (Å²) in [5.74, 6) is -1.05. The van der Waals surface area contributed by atoms with Crippen LogP contribution in [0.3, 0.4) is 0 Å². The number of aromatic carboxylic acids is 1. The molecule has 0 aliphatic carbocycles. The van der Waals surface area contributed by atoms with Gasteiger partial charge in [-0.05, 0) is 50.2 Å². The van der Waals surface area contributed by atoms with Crippen molar-refractivity contribution in [1.82, 2.24) is 9.78 Å². The molecule has 142 valence electrons. The standard InChI is InChI=1S/C20H18N4O4/c1-12-3-9-16(10-4-12)24-18(25)17(13(2)23-24)11-21-20(28)22-15-7-5-14(6-8-15)19(26)27/h3-11,23H,1-2H3,(H,22,28)(H,26,27). The number of urea groups is 1. The maximum absolute atomic E-state index is 12.6. The van der Waals surface area contributed by atoms with E-state index in [9.17, 15) is 14.4 Å². The average Bonchev–Trinajstić information content (AvgIpc) is 2.95. The molecule has 0 atom stereocenters. The van der Waals surface area contributed by atoms with E-state index in [0.717, 1.165) is 5.56 Å². The quantitative estimate of drug-likeness (QED) is 0.605. The highest BCUT2D eigenvalue weighted by Gasteiger charge is 2.11. The van der Waals surface area contributed by atoms with Gasteiger partial charge >= 0.3 is 12.0 Å². The van der Waals surface area contributed by atoms with Crippen LogP contribution in [0.15, 0.2) is 58.3 Å². The zero-order valence-electron chi connectivity index (χ0n) is 15.3. The van der Waals surface area contributed by atoms with Gasteiger partial charge in [-0.25, -0.2) is 19.3 Å². The van der Waals surface area contributed by atoms with E-state index in [1.54, 1.807) is 6.92 Å². The molecule has 1 heterocycles. The van der Waals surface area contributed by atoms with Gasteiger partial charge in [0.15, 0.2) is 0 Å². The van der Waals surface area contributed by atoms with Gasteiger partial charge in [0, 0.05) is 17.6 Å². The number of hydrogen-bond donors (Lipinski definition) is 3. The zero-order valence-corrected chi connectivity index (χ0v) is 15.3. The predicted octanol–water partition coefficient (Wildman–Crippen LogP) is 3.13. The van der Waals surface area contributed by atoms with Crippen molar-refractivity contribution in [2.24, 2.45) is 4.99 Å². The van der Waals surface area contributed by atoms with Crippen molar-refractivity contribution >= 4 is 23.9 Å². The molecule has 8 heteroatoms. The summed E-state index contributed by atoms with van der Waals surface area (Å²) in [6, 6.07) is 12.4. The van der Waals surface area contributed by atoms with Gasteiger partial charge in [0.25, 0.3) is 5.56 Å². The summed E-state index contributed by atoms with van der Waals surface area (Å²) in [6.07, 6.45) is 1.21. The van der Waals surface area contributed by atoms with E-state index < -0.39 is 12.0 Å². The van der Waals surface area contributed by atoms with Crippen LogP contribution in [0.25, 0.3) is 5.69 Å². The van der Waals surface area contributed by atoms with Crippen LogP contribution in [0.1, 0.15) is 27.2 Å². The minimum Gasteiger partial charge on any atom is -0.478 e. The zero-order chi connectivity index (χ0) is 20.3. The number of carbonyl (C=O) groups excluding carboxylic acids is 1. The maximum Gasteiger partial charge on any atom is 0.345 e. The molecular weight excluding hydrogens is 360 g/mol. The second kappa shape index (κ2) is 7.75. The van der Waals surface area contributed by atoms with Gasteiger partial charge in [0.2, 0.25) is 0 Å². The third-order valence-corrected chi connectivity index (χ3v) is 4.10. The largest absolute Gasteiger partial charge is 0.478 e. The van der Waals surface area contributed by atoms with Gasteiger partial charge in [-0.1, -0.05) is 17.7 Å². The van der Waals surface area contributed by atoms with E-state index in [0.29, 0.717) is 17.1 Å². The topological polar surface area (TPSA) is 117 Å². The van der Waals surface area contributed by atoms with Crippen LogP contribution in [0, 0.1) is 13.8 Å². The van der Waals surface area contributed by atoms with Crippen molar-refractivity contribution in [3.63, 3.8) is 0 Å². The first-order valence-corrected chi connectivity index (χ1v) is 8.42. The SMILES string of the molecule is Cc1ccc(-n2[nH]c(C)c(C=NC(=O)Nc3ccc(C(=O)O)cc3)c2=O)cc1. The lowest BCUT2D eigenvalue weighted by Crippen LogP contribution is -2.17. The van der Waals surface area contributed by atoms with Crippen LogP contribution < -0.4 is 10.9 Å². The second-order valence-electron chi connectivity index (χ2n) is 6.20. The van der Waals surface area contributed by atoms with Crippen LogP contribution in [-0.4, -0.2) is 33.1 Å². The second-order valence-corrected chi connectivity index (χ2v) is 6.20. The van der Waals surface area contributed by atoms with E-state index >= 15 is 0 Å². The smallest absolute Gasteiger partial charge is 0.345 e. The molecule has 3 aromatic rings. The number of anilines is 1. The Hall–Kier alpha value is -3.94. The lowest BCUT2D eigenvalue weighted by molar-refractivity contribution is 0.0697. The number of carbonyl (C=O) groups is 2. The summed E-state index contributed by atoms with van der Waals surface area (Å²) in [6.45, 7) is 3.67. The number of aromatic nitrogens is 2. The molecule has 0 aliphatic rings. The van der Waals surface area contributed by atoms with E-state index in [4.69, 9.17) is 5.11 Å². The number of hydrogen-bond acceptors (Lipinski definition) is 3. The number of H-pyrrole nitrogens is 1. The molecule has 28 heavy (non-hydrogen) atoms. The first kappa shape index (κ1) is 18.8. The van der Waals surface area contributed by atoms with E-state index in [1.807, 2.05) is 31.2 Å². The summed E-state index contributed by atoms with van der Waals surface area (Å²) >= 11 is 0. The number of nitrogens with one attached hydrogen (secondary N) is 2. The summed E-state index contributed by atoms with van der Waals surface area (Å²) in [5.41, 5.74) is 2.81. The molecule has 8 nitrogen and oxygen atoms in total. The lowest BCUT2D eigenvalue weighted by atomic mass is 10.2. The Morgan fingerprint density at radius 2 is 1.71 bits per heavy atom. The van der Waals surface area contributed by atoms with Crippen molar-refractivity contribution < 1.29 is 14.7 Å². The molecule has 3 N–H and O–H groups in total. The molecular formula is C20H18N4O4. The minimum absolute atomic E-state index is 0.112. The van der Waals surface area contributed by atoms with Crippen LogP contribution in [0.2, 0.25) is 0 Å². The third-order valence-electron chi connectivity index (χ3n) is 4.10. The number of aliphatic imine (C=N–C) groups is 1. The fourth-order valence-electron chi connectivity index (χ4n) is 2.56. The number of amides is 2. The summed E-state index contributed by atoms with van der Waals surface area (Å²) in [4.78, 5) is 39.2. The Bertz CT molecular complexity index is 1110. The van der Waals surface area contributed by atoms with Crippen molar-refractivity contribution in [1.29, 1.82) is 0 Å². The number of carboxylic acids is 1. The number of aromatic amines is 1. The van der Waals surface area contributed by atoms with Crippen LogP contribution in [0.5, 0.6) is 0 Å². The van der Waals surface area contributed by atoms with E-state index in [2.05, 4.69) is 15.4 Å². The van der Waals surface area contributed by atoms with Crippen molar-refractivity contribution in [2.45, 2.75) is 13.8 Å². The average molecular weight is 378 g/mol.